The molecule has 1 heterocycles. The number of carbonyl (C=O) groups excluding carboxylic acids is 2. The monoisotopic (exact) mass is 352 g/mol. The van der Waals surface area contributed by atoms with Crippen LogP contribution in [0.2, 0.25) is 0 Å². The first kappa shape index (κ1) is 18.0. The van der Waals surface area contributed by atoms with Crippen molar-refractivity contribution in [3.05, 3.63) is 60.2 Å². The van der Waals surface area contributed by atoms with Gasteiger partial charge < -0.3 is 15.0 Å². The van der Waals surface area contributed by atoms with Gasteiger partial charge in [-0.15, -0.1) is 0 Å². The maximum absolute atomic E-state index is 12.6. The molecule has 1 saturated heterocycles. The Hall–Kier alpha value is -2.82. The second-order valence-corrected chi connectivity index (χ2v) is 6.71. The van der Waals surface area contributed by atoms with Crippen molar-refractivity contribution in [3.63, 3.8) is 0 Å². The second-order valence-electron chi connectivity index (χ2n) is 6.71. The Morgan fingerprint density at radius 3 is 2.54 bits per heavy atom. The molecular weight excluding hydrogens is 328 g/mol. The lowest BCUT2D eigenvalue weighted by atomic mass is 9.98. The van der Waals surface area contributed by atoms with Crippen LogP contribution < -0.4 is 10.1 Å². The number of hydrogen-bond acceptors (Lipinski definition) is 3. The fraction of sp³-hybridized carbons (Fsp3) is 0.333. The number of piperidine rings is 1. The molecule has 1 aliphatic heterocycles. The molecule has 26 heavy (non-hydrogen) atoms. The van der Waals surface area contributed by atoms with Gasteiger partial charge in [0.05, 0.1) is 0 Å². The minimum absolute atomic E-state index is 0.0218. The number of hydrogen-bond donors (Lipinski definition) is 1. The van der Waals surface area contributed by atoms with Crippen molar-refractivity contribution in [1.82, 2.24) is 4.90 Å². The van der Waals surface area contributed by atoms with Crippen molar-refractivity contribution in [1.29, 1.82) is 0 Å². The van der Waals surface area contributed by atoms with Crippen LogP contribution in [0.15, 0.2) is 54.6 Å². The number of likely N-dealkylation sites (tertiary alicyclic amines) is 1. The van der Waals surface area contributed by atoms with Gasteiger partial charge in [-0.3, -0.25) is 9.59 Å². The maximum atomic E-state index is 12.6. The predicted molar refractivity (Wildman–Crippen MR) is 101 cm³/mol. The Labute approximate surface area is 154 Å². The molecule has 0 spiro atoms. The molecule has 5 heteroatoms. The van der Waals surface area contributed by atoms with Crippen LogP contribution >= 0.6 is 0 Å². The lowest BCUT2D eigenvalue weighted by Crippen LogP contribution is -2.37. The van der Waals surface area contributed by atoms with E-state index >= 15 is 0 Å². The Morgan fingerprint density at radius 2 is 1.81 bits per heavy atom. The number of anilines is 1. The van der Waals surface area contributed by atoms with Crippen molar-refractivity contribution >= 4 is 17.5 Å². The number of carbonyl (C=O) groups is 2. The van der Waals surface area contributed by atoms with Gasteiger partial charge >= 0.3 is 0 Å². The Morgan fingerprint density at radius 1 is 1.08 bits per heavy atom. The Bertz CT molecular complexity index is 753. The molecule has 0 saturated carbocycles. The van der Waals surface area contributed by atoms with Crippen molar-refractivity contribution < 1.29 is 14.3 Å². The van der Waals surface area contributed by atoms with Crippen LogP contribution in [0.4, 0.5) is 5.69 Å². The topological polar surface area (TPSA) is 58.6 Å². The summed E-state index contributed by atoms with van der Waals surface area (Å²) in [5.41, 5.74) is 1.20. The molecule has 1 fully saturated rings. The third kappa shape index (κ3) is 4.85. The number of nitrogens with zero attached hydrogens (tertiary/aromatic N) is 1. The van der Waals surface area contributed by atoms with E-state index in [1.165, 1.54) is 0 Å². The summed E-state index contributed by atoms with van der Waals surface area (Å²) in [6.07, 6.45) is 2.08. The van der Waals surface area contributed by atoms with Gasteiger partial charge in [-0.25, -0.2) is 0 Å². The van der Waals surface area contributed by atoms with Crippen LogP contribution in [-0.2, 0) is 4.79 Å². The van der Waals surface area contributed by atoms with Gasteiger partial charge in [-0.1, -0.05) is 31.2 Å². The standard InChI is InChI=1S/C21H24N2O3/c1-16-10-12-23(13-11-16)21(25)17-6-5-7-18(14-17)22-20(24)15-26-19-8-3-2-4-9-19/h2-9,14,16H,10-13,15H2,1H3,(H,22,24). The third-order valence-electron chi connectivity index (χ3n) is 4.58. The molecule has 2 aromatic carbocycles. The summed E-state index contributed by atoms with van der Waals surface area (Å²) in [5.74, 6) is 1.08. The average molecular weight is 352 g/mol. The normalized spacial score (nSPS) is 14.7. The summed E-state index contributed by atoms with van der Waals surface area (Å²) in [6.45, 7) is 3.73. The van der Waals surface area contributed by atoms with Crippen LogP contribution in [0.5, 0.6) is 5.75 Å². The van der Waals surface area contributed by atoms with Crippen LogP contribution in [0.3, 0.4) is 0 Å². The zero-order chi connectivity index (χ0) is 18.4. The van der Waals surface area contributed by atoms with E-state index in [-0.39, 0.29) is 18.4 Å². The van der Waals surface area contributed by atoms with E-state index in [2.05, 4.69) is 12.2 Å². The summed E-state index contributed by atoms with van der Waals surface area (Å²) in [6, 6.07) is 16.3. The van der Waals surface area contributed by atoms with Gasteiger partial charge in [0.15, 0.2) is 6.61 Å². The van der Waals surface area contributed by atoms with Gasteiger partial charge in [-0.2, -0.15) is 0 Å². The smallest absolute Gasteiger partial charge is 0.262 e. The van der Waals surface area contributed by atoms with Crippen molar-refractivity contribution in [2.45, 2.75) is 19.8 Å². The molecule has 0 atom stereocenters. The zero-order valence-electron chi connectivity index (χ0n) is 15.0. The fourth-order valence-electron chi connectivity index (χ4n) is 2.99. The summed E-state index contributed by atoms with van der Waals surface area (Å²) in [5, 5.41) is 2.78. The molecule has 0 radical (unpaired) electrons. The maximum Gasteiger partial charge on any atom is 0.262 e. The fourth-order valence-corrected chi connectivity index (χ4v) is 2.99. The number of para-hydroxylation sites is 1. The number of benzene rings is 2. The number of rotatable bonds is 5. The lowest BCUT2D eigenvalue weighted by Gasteiger charge is -2.30. The van der Waals surface area contributed by atoms with E-state index in [1.54, 1.807) is 36.4 Å². The summed E-state index contributed by atoms with van der Waals surface area (Å²) >= 11 is 0. The van der Waals surface area contributed by atoms with Gasteiger partial charge in [0.1, 0.15) is 5.75 Å². The average Bonchev–Trinajstić information content (AvgIpc) is 2.67. The van der Waals surface area contributed by atoms with E-state index in [4.69, 9.17) is 4.74 Å². The van der Waals surface area contributed by atoms with Crippen LogP contribution in [-0.4, -0.2) is 36.4 Å². The highest BCUT2D eigenvalue weighted by atomic mass is 16.5. The zero-order valence-corrected chi connectivity index (χ0v) is 15.0. The van der Waals surface area contributed by atoms with Crippen molar-refractivity contribution in [2.24, 2.45) is 5.92 Å². The van der Waals surface area contributed by atoms with E-state index in [9.17, 15) is 9.59 Å². The first-order valence-corrected chi connectivity index (χ1v) is 8.99. The van der Waals surface area contributed by atoms with E-state index in [0.717, 1.165) is 25.9 Å². The third-order valence-corrected chi connectivity index (χ3v) is 4.58. The highest BCUT2D eigenvalue weighted by molar-refractivity contribution is 5.97. The van der Waals surface area contributed by atoms with Crippen molar-refractivity contribution in [2.75, 3.05) is 25.0 Å². The van der Waals surface area contributed by atoms with E-state index in [1.807, 2.05) is 23.1 Å². The SMILES string of the molecule is CC1CCN(C(=O)c2cccc(NC(=O)COc3ccccc3)c2)CC1. The highest BCUT2D eigenvalue weighted by Crippen LogP contribution is 2.19. The summed E-state index contributed by atoms with van der Waals surface area (Å²) < 4.78 is 5.44. The first-order valence-electron chi connectivity index (χ1n) is 8.99. The molecule has 0 unspecified atom stereocenters. The largest absolute Gasteiger partial charge is 0.484 e. The number of amides is 2. The summed E-state index contributed by atoms with van der Waals surface area (Å²) in [7, 11) is 0. The molecule has 2 aromatic rings. The van der Waals surface area contributed by atoms with Gasteiger partial charge in [-0.05, 0) is 49.1 Å². The molecule has 0 bridgehead atoms. The van der Waals surface area contributed by atoms with Crippen LogP contribution in [0, 0.1) is 5.92 Å². The molecule has 5 nitrogen and oxygen atoms in total. The number of ether oxygens (including phenoxy) is 1. The first-order chi connectivity index (χ1) is 12.6. The molecule has 2 amide bonds. The van der Waals surface area contributed by atoms with Crippen LogP contribution in [0.1, 0.15) is 30.1 Å². The van der Waals surface area contributed by atoms with E-state index in [0.29, 0.717) is 22.9 Å². The molecule has 3 rings (SSSR count). The quantitative estimate of drug-likeness (QED) is 0.895. The Balaban J connectivity index is 1.56. The minimum Gasteiger partial charge on any atom is -0.484 e. The van der Waals surface area contributed by atoms with Gasteiger partial charge in [0.2, 0.25) is 0 Å². The van der Waals surface area contributed by atoms with Crippen molar-refractivity contribution in [3.8, 4) is 5.75 Å². The lowest BCUT2D eigenvalue weighted by molar-refractivity contribution is -0.118. The van der Waals surface area contributed by atoms with Crippen LogP contribution in [0.25, 0.3) is 0 Å². The molecule has 0 aliphatic carbocycles. The number of nitrogens with one attached hydrogen (secondary N) is 1. The molecule has 1 N–H and O–H groups in total. The Kier molecular flexibility index (Phi) is 5.89. The minimum atomic E-state index is -0.259. The highest BCUT2D eigenvalue weighted by Gasteiger charge is 2.21. The molecular formula is C21H24N2O3. The molecule has 0 aromatic heterocycles. The molecule has 1 aliphatic rings. The predicted octanol–water partition coefficient (Wildman–Crippen LogP) is 3.58. The molecule has 136 valence electrons. The van der Waals surface area contributed by atoms with E-state index < -0.39 is 0 Å². The summed E-state index contributed by atoms with van der Waals surface area (Å²) in [4.78, 5) is 26.6. The van der Waals surface area contributed by atoms with Gasteiger partial charge in [0, 0.05) is 24.3 Å². The second kappa shape index (κ2) is 8.52. The van der Waals surface area contributed by atoms with Gasteiger partial charge in [0.25, 0.3) is 11.8 Å².